The van der Waals surface area contributed by atoms with E-state index >= 15 is 0 Å². The first-order valence-electron chi connectivity index (χ1n) is 9.01. The van der Waals surface area contributed by atoms with Gasteiger partial charge in [-0.05, 0) is 52.7 Å². The summed E-state index contributed by atoms with van der Waals surface area (Å²) in [6.07, 6.45) is 1.40. The topological polar surface area (TPSA) is 97.4 Å². The zero-order valence-corrected chi connectivity index (χ0v) is 18.2. The van der Waals surface area contributed by atoms with Crippen LogP contribution in [-0.4, -0.2) is 18.2 Å². The number of ether oxygens (including phenoxy) is 2. The fourth-order valence-corrected chi connectivity index (χ4v) is 3.23. The maximum atomic E-state index is 13.8. The quantitative estimate of drug-likeness (QED) is 0.372. The number of anilines is 1. The predicted molar refractivity (Wildman–Crippen MR) is 115 cm³/mol. The van der Waals surface area contributed by atoms with Gasteiger partial charge in [0.1, 0.15) is 29.8 Å². The first kappa shape index (κ1) is 22.1. The maximum absolute atomic E-state index is 13.8. The highest BCUT2D eigenvalue weighted by Crippen LogP contribution is 2.38. The molecule has 1 N–H and O–H groups in total. The van der Waals surface area contributed by atoms with Crippen LogP contribution in [-0.2, 0) is 11.4 Å². The highest BCUT2D eigenvalue weighted by atomic mass is 79.9. The Kier molecular flexibility index (Phi) is 7.05. The van der Waals surface area contributed by atoms with E-state index in [9.17, 15) is 14.4 Å². The number of halogens is 2. The summed E-state index contributed by atoms with van der Waals surface area (Å²) in [6.45, 7) is 1.68. The summed E-state index contributed by atoms with van der Waals surface area (Å²) >= 11 is 3.40. The van der Waals surface area contributed by atoms with Gasteiger partial charge in [0.2, 0.25) is 0 Å². The number of rotatable bonds is 7. The van der Waals surface area contributed by atoms with Gasteiger partial charge in [0.25, 0.3) is 5.91 Å². The predicted octanol–water partition coefficient (Wildman–Crippen LogP) is 5.02. The Labute approximate surface area is 186 Å². The van der Waals surface area contributed by atoms with Crippen molar-refractivity contribution in [3.63, 3.8) is 0 Å². The number of carbonyl (C=O) groups excluding carboxylic acids is 1. The summed E-state index contributed by atoms with van der Waals surface area (Å²) in [5, 5.41) is 15.6. The third-order valence-electron chi connectivity index (χ3n) is 4.13. The minimum absolute atomic E-state index is 0.000210. The summed E-state index contributed by atoms with van der Waals surface area (Å²) in [5.74, 6) is 0.442. The molecule has 0 aliphatic heterocycles. The zero-order valence-electron chi connectivity index (χ0n) is 16.6. The van der Waals surface area contributed by atoms with Crippen molar-refractivity contribution in [2.75, 3.05) is 12.4 Å². The molecule has 31 heavy (non-hydrogen) atoms. The molecule has 0 saturated carbocycles. The molecule has 0 radical (unpaired) electrons. The Morgan fingerprint density at radius 2 is 2.13 bits per heavy atom. The Hall–Kier alpha value is -3.64. The van der Waals surface area contributed by atoms with Crippen LogP contribution in [0.2, 0.25) is 0 Å². The summed E-state index contributed by atoms with van der Waals surface area (Å²) in [5.41, 5.74) is 0.770. The lowest BCUT2D eigenvalue weighted by Gasteiger charge is -2.14. The average molecular weight is 486 g/mol. The van der Waals surface area contributed by atoms with E-state index in [1.54, 1.807) is 37.3 Å². The molecule has 0 fully saturated rings. The van der Waals surface area contributed by atoms with E-state index in [1.807, 2.05) is 6.07 Å². The van der Waals surface area contributed by atoms with Crippen molar-refractivity contribution in [2.24, 2.45) is 0 Å². The number of nitriles is 1. The molecule has 0 aliphatic rings. The molecule has 3 aromatic rings. The third kappa shape index (κ3) is 5.49. The molecule has 1 aromatic heterocycles. The van der Waals surface area contributed by atoms with E-state index in [4.69, 9.17) is 14.0 Å². The Morgan fingerprint density at radius 1 is 1.35 bits per heavy atom. The van der Waals surface area contributed by atoms with Gasteiger partial charge in [-0.1, -0.05) is 23.4 Å². The number of nitrogens with zero attached hydrogens (tertiary/aromatic N) is 2. The van der Waals surface area contributed by atoms with Crippen LogP contribution in [0.5, 0.6) is 11.5 Å². The normalized spacial score (nSPS) is 11.0. The van der Waals surface area contributed by atoms with E-state index in [0.717, 1.165) is 0 Å². The highest BCUT2D eigenvalue weighted by Gasteiger charge is 2.15. The number of hydrogen-bond donors (Lipinski definition) is 1. The molecule has 9 heteroatoms. The van der Waals surface area contributed by atoms with Crippen molar-refractivity contribution < 1.29 is 23.2 Å². The van der Waals surface area contributed by atoms with Gasteiger partial charge in [0, 0.05) is 11.6 Å². The van der Waals surface area contributed by atoms with Crippen molar-refractivity contribution in [3.05, 3.63) is 75.2 Å². The monoisotopic (exact) mass is 485 g/mol. The van der Waals surface area contributed by atoms with Crippen LogP contribution in [0.25, 0.3) is 6.08 Å². The average Bonchev–Trinajstić information content (AvgIpc) is 3.16. The molecule has 3 rings (SSSR count). The first-order valence-corrected chi connectivity index (χ1v) is 9.80. The van der Waals surface area contributed by atoms with Crippen LogP contribution in [0.4, 0.5) is 10.2 Å². The standard InChI is InChI=1S/C22H17BrFN3O4/c1-13-7-20(27-31-13)26-22(28)16(11-25)8-14-9-17(23)21(19(10-14)29-2)30-12-15-5-3-4-6-18(15)24/h3-10H,12H2,1-2H3,(H,26,27,28)/b16-8-. The van der Waals surface area contributed by atoms with Gasteiger partial charge >= 0.3 is 0 Å². The van der Waals surface area contributed by atoms with Crippen LogP contribution in [0.15, 0.2) is 57.0 Å². The third-order valence-corrected chi connectivity index (χ3v) is 4.72. The fraction of sp³-hybridized carbons (Fsp3) is 0.136. The minimum atomic E-state index is -0.634. The zero-order chi connectivity index (χ0) is 22.4. The van der Waals surface area contributed by atoms with Gasteiger partial charge < -0.3 is 19.3 Å². The van der Waals surface area contributed by atoms with E-state index in [-0.39, 0.29) is 23.8 Å². The van der Waals surface area contributed by atoms with Crippen molar-refractivity contribution >= 4 is 33.7 Å². The fourth-order valence-electron chi connectivity index (χ4n) is 2.65. The number of methoxy groups -OCH3 is 1. The van der Waals surface area contributed by atoms with Crippen LogP contribution < -0.4 is 14.8 Å². The molecule has 0 atom stereocenters. The van der Waals surface area contributed by atoms with Crippen molar-refractivity contribution in [1.29, 1.82) is 5.26 Å². The lowest BCUT2D eigenvalue weighted by atomic mass is 10.1. The number of hydrogen-bond acceptors (Lipinski definition) is 6. The number of carbonyl (C=O) groups is 1. The Bertz CT molecular complexity index is 1180. The second-order valence-corrected chi connectivity index (χ2v) is 7.22. The molecular weight excluding hydrogens is 469 g/mol. The van der Waals surface area contributed by atoms with Crippen molar-refractivity contribution in [3.8, 4) is 17.6 Å². The summed E-state index contributed by atoms with van der Waals surface area (Å²) in [7, 11) is 1.45. The van der Waals surface area contributed by atoms with E-state index in [0.29, 0.717) is 32.9 Å². The summed E-state index contributed by atoms with van der Waals surface area (Å²) in [4.78, 5) is 12.4. The van der Waals surface area contributed by atoms with Gasteiger partial charge in [-0.15, -0.1) is 0 Å². The first-order chi connectivity index (χ1) is 14.9. The van der Waals surface area contributed by atoms with Crippen LogP contribution in [0, 0.1) is 24.1 Å². The molecular formula is C22H17BrFN3O4. The SMILES string of the molecule is COc1cc(/C=C(/C#N)C(=O)Nc2cc(C)on2)cc(Br)c1OCc1ccccc1F. The highest BCUT2D eigenvalue weighted by molar-refractivity contribution is 9.10. The lowest BCUT2D eigenvalue weighted by molar-refractivity contribution is -0.112. The molecule has 0 bridgehead atoms. The van der Waals surface area contributed by atoms with Crippen molar-refractivity contribution in [1.82, 2.24) is 5.16 Å². The molecule has 2 aromatic carbocycles. The van der Waals surface area contributed by atoms with Gasteiger partial charge in [-0.3, -0.25) is 4.79 Å². The van der Waals surface area contributed by atoms with E-state index in [2.05, 4.69) is 26.4 Å². The summed E-state index contributed by atoms with van der Waals surface area (Å²) in [6, 6.07) is 13.0. The molecule has 0 aliphatic carbocycles. The van der Waals surface area contributed by atoms with E-state index in [1.165, 1.54) is 25.3 Å². The molecule has 158 valence electrons. The van der Waals surface area contributed by atoms with E-state index < -0.39 is 5.91 Å². The van der Waals surface area contributed by atoms with Crippen LogP contribution >= 0.6 is 15.9 Å². The van der Waals surface area contributed by atoms with Crippen LogP contribution in [0.3, 0.4) is 0 Å². The molecule has 1 amide bonds. The minimum Gasteiger partial charge on any atom is -0.493 e. The maximum Gasteiger partial charge on any atom is 0.267 e. The van der Waals surface area contributed by atoms with Gasteiger partial charge in [0.05, 0.1) is 11.6 Å². The lowest BCUT2D eigenvalue weighted by Crippen LogP contribution is -2.13. The second kappa shape index (κ2) is 9.91. The number of aromatic nitrogens is 1. The molecule has 7 nitrogen and oxygen atoms in total. The molecule has 0 saturated heterocycles. The Balaban J connectivity index is 1.82. The second-order valence-electron chi connectivity index (χ2n) is 6.36. The number of aryl methyl sites for hydroxylation is 1. The smallest absolute Gasteiger partial charge is 0.267 e. The van der Waals surface area contributed by atoms with Gasteiger partial charge in [-0.2, -0.15) is 5.26 Å². The van der Waals surface area contributed by atoms with Gasteiger partial charge in [0.15, 0.2) is 17.3 Å². The molecule has 0 unspecified atom stereocenters. The Morgan fingerprint density at radius 3 is 2.77 bits per heavy atom. The largest absolute Gasteiger partial charge is 0.493 e. The summed E-state index contributed by atoms with van der Waals surface area (Å²) < 4.78 is 30.4. The number of benzene rings is 2. The number of amides is 1. The molecule has 1 heterocycles. The van der Waals surface area contributed by atoms with Crippen LogP contribution in [0.1, 0.15) is 16.9 Å². The number of nitrogens with one attached hydrogen (secondary N) is 1. The van der Waals surface area contributed by atoms with Gasteiger partial charge in [-0.25, -0.2) is 4.39 Å². The molecule has 0 spiro atoms. The van der Waals surface area contributed by atoms with Crippen molar-refractivity contribution in [2.45, 2.75) is 13.5 Å².